The summed E-state index contributed by atoms with van der Waals surface area (Å²) in [4.78, 5) is 37.5. The first-order valence-electron chi connectivity index (χ1n) is 27.9. The molecule has 0 radical (unpaired) electrons. The summed E-state index contributed by atoms with van der Waals surface area (Å²) in [5, 5.41) is 3.03. The minimum atomic E-state index is -4.46. The predicted octanol–water partition coefficient (Wildman–Crippen LogP) is 16.7. The molecule has 1 amide bonds. The highest BCUT2D eigenvalue weighted by atomic mass is 31.2. The van der Waals surface area contributed by atoms with Gasteiger partial charge in [-0.25, -0.2) is 4.57 Å². The molecule has 0 saturated heterocycles. The molecule has 0 saturated carbocycles. The maximum Gasteiger partial charge on any atom is 0.472 e. The number of hydrogen-bond acceptors (Lipinski definition) is 6. The van der Waals surface area contributed by atoms with Crippen LogP contribution in [-0.2, 0) is 27.9 Å². The van der Waals surface area contributed by atoms with Gasteiger partial charge in [-0.05, 0) is 96.0 Å². The number of unbranched alkanes of at least 4 members (excludes halogenated alkanes) is 21. The van der Waals surface area contributed by atoms with Crippen LogP contribution in [-0.4, -0.2) is 74.3 Å². The van der Waals surface area contributed by atoms with Gasteiger partial charge in [0.2, 0.25) is 5.91 Å². The van der Waals surface area contributed by atoms with Crippen molar-refractivity contribution in [1.29, 1.82) is 0 Å². The van der Waals surface area contributed by atoms with Crippen LogP contribution in [0.3, 0.4) is 0 Å². The van der Waals surface area contributed by atoms with E-state index in [1.165, 1.54) is 57.8 Å². The quantitative estimate of drug-likeness (QED) is 0.0205. The molecule has 9 nitrogen and oxygen atoms in total. The smallest absolute Gasteiger partial charge is 0.456 e. The molecule has 10 heteroatoms. The van der Waals surface area contributed by atoms with Gasteiger partial charge in [0.1, 0.15) is 19.3 Å². The Morgan fingerprint density at radius 3 is 1.39 bits per heavy atom. The van der Waals surface area contributed by atoms with Gasteiger partial charge in [-0.1, -0.05) is 202 Å². The van der Waals surface area contributed by atoms with Gasteiger partial charge in [0.25, 0.3) is 0 Å². The maximum atomic E-state index is 13.5. The SMILES string of the molecule is CC/C=C/C/C=C/C/C=C/CCCCCCCCC(=O)NC(COP(=O)(O)OCC[N+](C)(C)C)C(/C=C/CCCCCCCCCCCCC)OC(=O)CCCCCC/C=C/C/C=C/C/C=C/CC. The molecule has 0 aliphatic rings. The molecular weight excluding hydrogens is 880 g/mol. The number of hydrogen-bond donors (Lipinski definition) is 2. The van der Waals surface area contributed by atoms with E-state index in [9.17, 15) is 19.0 Å². The molecule has 0 bridgehead atoms. The van der Waals surface area contributed by atoms with E-state index >= 15 is 0 Å². The molecule has 3 unspecified atom stereocenters. The van der Waals surface area contributed by atoms with Crippen molar-refractivity contribution < 1.29 is 37.3 Å². The number of nitrogens with zero attached hydrogens (tertiary/aromatic N) is 1. The van der Waals surface area contributed by atoms with E-state index in [4.69, 9.17) is 13.8 Å². The van der Waals surface area contributed by atoms with Crippen LogP contribution in [0.25, 0.3) is 0 Å². The topological polar surface area (TPSA) is 111 Å². The van der Waals surface area contributed by atoms with E-state index in [-0.39, 0.29) is 31.5 Å². The second kappa shape index (κ2) is 48.8. The number of allylic oxidation sites excluding steroid dienone is 13. The average molecular weight is 986 g/mol. The van der Waals surface area contributed by atoms with Crippen LogP contribution in [0.2, 0.25) is 0 Å². The van der Waals surface area contributed by atoms with Crippen molar-refractivity contribution in [3.8, 4) is 0 Å². The number of esters is 1. The fourth-order valence-electron chi connectivity index (χ4n) is 7.56. The largest absolute Gasteiger partial charge is 0.472 e. The highest BCUT2D eigenvalue weighted by molar-refractivity contribution is 7.47. The highest BCUT2D eigenvalue weighted by Crippen LogP contribution is 2.43. The van der Waals surface area contributed by atoms with E-state index in [1.807, 2.05) is 33.3 Å². The Morgan fingerprint density at radius 2 is 0.928 bits per heavy atom. The van der Waals surface area contributed by atoms with E-state index in [2.05, 4.69) is 99.0 Å². The zero-order valence-corrected chi connectivity index (χ0v) is 46.2. The lowest BCUT2D eigenvalue weighted by Gasteiger charge is -2.27. The van der Waals surface area contributed by atoms with Crippen LogP contribution in [0.4, 0.5) is 0 Å². The van der Waals surface area contributed by atoms with Crippen molar-refractivity contribution in [3.63, 3.8) is 0 Å². The van der Waals surface area contributed by atoms with Gasteiger partial charge in [-0.15, -0.1) is 0 Å². The molecule has 398 valence electrons. The summed E-state index contributed by atoms with van der Waals surface area (Å²) in [6.07, 6.45) is 62.9. The summed E-state index contributed by atoms with van der Waals surface area (Å²) >= 11 is 0. The lowest BCUT2D eigenvalue weighted by atomic mass is 10.0. The zero-order chi connectivity index (χ0) is 50.8. The summed E-state index contributed by atoms with van der Waals surface area (Å²) in [5.74, 6) is -0.551. The molecule has 0 fully saturated rings. The Hall–Kier alpha value is -2.81. The van der Waals surface area contributed by atoms with Crippen molar-refractivity contribution in [2.45, 2.75) is 238 Å². The molecule has 0 aromatic rings. The van der Waals surface area contributed by atoms with Crippen molar-refractivity contribution in [2.75, 3.05) is 40.9 Å². The third kappa shape index (κ3) is 49.9. The first kappa shape index (κ1) is 66.2. The molecule has 0 heterocycles. The molecule has 69 heavy (non-hydrogen) atoms. The van der Waals surface area contributed by atoms with Crippen LogP contribution in [0.1, 0.15) is 226 Å². The van der Waals surface area contributed by atoms with Crippen molar-refractivity contribution >= 4 is 19.7 Å². The summed E-state index contributed by atoms with van der Waals surface area (Å²) in [6.45, 7) is 6.75. The minimum absolute atomic E-state index is 0.0299. The second-order valence-corrected chi connectivity index (χ2v) is 21.1. The van der Waals surface area contributed by atoms with E-state index in [1.54, 1.807) is 0 Å². The van der Waals surface area contributed by atoms with Gasteiger partial charge < -0.3 is 19.4 Å². The molecule has 0 aliphatic carbocycles. The molecule has 0 aromatic carbocycles. The maximum absolute atomic E-state index is 13.5. The predicted molar refractivity (Wildman–Crippen MR) is 295 cm³/mol. The van der Waals surface area contributed by atoms with Crippen molar-refractivity contribution in [2.24, 2.45) is 0 Å². The number of ether oxygens (including phenoxy) is 1. The van der Waals surface area contributed by atoms with Gasteiger partial charge in [0.05, 0.1) is 33.8 Å². The number of phosphoric acid groups is 1. The van der Waals surface area contributed by atoms with Crippen LogP contribution >= 0.6 is 7.82 Å². The number of rotatable bonds is 49. The van der Waals surface area contributed by atoms with E-state index < -0.39 is 20.0 Å². The monoisotopic (exact) mass is 986 g/mol. The fourth-order valence-corrected chi connectivity index (χ4v) is 8.29. The summed E-state index contributed by atoms with van der Waals surface area (Å²) in [5.41, 5.74) is 0. The summed E-state index contributed by atoms with van der Waals surface area (Å²) in [7, 11) is 1.46. The third-order valence-corrected chi connectivity index (χ3v) is 12.8. The molecule has 3 atom stereocenters. The summed E-state index contributed by atoms with van der Waals surface area (Å²) in [6, 6.07) is -0.867. The Bertz CT molecular complexity index is 1460. The lowest BCUT2D eigenvalue weighted by molar-refractivity contribution is -0.870. The molecule has 0 aliphatic heterocycles. The third-order valence-electron chi connectivity index (χ3n) is 11.8. The number of nitrogens with one attached hydrogen (secondary N) is 1. The van der Waals surface area contributed by atoms with Crippen molar-refractivity contribution in [1.82, 2.24) is 5.32 Å². The number of carbonyl (C=O) groups excluding carboxylic acids is 2. The Morgan fingerprint density at radius 1 is 0.522 bits per heavy atom. The van der Waals surface area contributed by atoms with E-state index in [0.29, 0.717) is 23.9 Å². The zero-order valence-electron chi connectivity index (χ0n) is 45.3. The number of phosphoric ester groups is 1. The normalized spacial score (nSPS) is 14.5. The lowest BCUT2D eigenvalue weighted by Crippen LogP contribution is -2.47. The Labute approximate surface area is 425 Å². The van der Waals surface area contributed by atoms with Gasteiger partial charge in [0, 0.05) is 12.8 Å². The fraction of sp³-hybridized carbons (Fsp3) is 0.729. The van der Waals surface area contributed by atoms with Gasteiger partial charge in [0.15, 0.2) is 0 Å². The second-order valence-electron chi connectivity index (χ2n) is 19.7. The molecule has 0 aromatic heterocycles. The number of amides is 1. The Kier molecular flexibility index (Phi) is 46.8. The van der Waals surface area contributed by atoms with E-state index in [0.717, 1.165) is 128 Å². The minimum Gasteiger partial charge on any atom is -0.456 e. The highest BCUT2D eigenvalue weighted by Gasteiger charge is 2.30. The van der Waals surface area contributed by atoms with Gasteiger partial charge in [-0.3, -0.25) is 18.6 Å². The van der Waals surface area contributed by atoms with Gasteiger partial charge in [-0.2, -0.15) is 0 Å². The average Bonchev–Trinajstić information content (AvgIpc) is 3.31. The van der Waals surface area contributed by atoms with Crippen LogP contribution in [0, 0.1) is 0 Å². The van der Waals surface area contributed by atoms with Crippen LogP contribution in [0.5, 0.6) is 0 Å². The van der Waals surface area contributed by atoms with Gasteiger partial charge >= 0.3 is 13.8 Å². The molecule has 0 rings (SSSR count). The van der Waals surface area contributed by atoms with Crippen molar-refractivity contribution in [3.05, 3.63) is 85.1 Å². The standard InChI is InChI=1S/C59H105N2O7P/c1-7-10-13-16-19-22-25-28-30-31-33-36-39-42-45-48-51-58(62)60-56(55-67-69(64,65)66-54-53-61(4,5)6)57(50-47-44-41-38-35-32-27-24-21-18-15-12-9-3)68-59(63)52-49-46-43-40-37-34-29-26-23-20-17-14-11-8-2/h10-11,13-14,19-20,22-23,28-30,34,47,50,56-57H,7-9,12,15-18,21,24-27,31-33,35-46,48-49,51-55H2,1-6H3,(H-,60,62,64,65)/p+1/b13-10+,14-11+,22-19+,23-20+,30-28+,34-29+,50-47+. The van der Waals surface area contributed by atoms with Crippen LogP contribution in [0.15, 0.2) is 85.1 Å². The first-order chi connectivity index (χ1) is 33.4. The van der Waals surface area contributed by atoms with Crippen LogP contribution < -0.4 is 5.32 Å². The molecule has 0 spiro atoms. The molecular formula is C59H106N2O7P+. The summed E-state index contributed by atoms with van der Waals surface area (Å²) < 4.78 is 30.6. The number of quaternary nitrogens is 1. The number of carbonyl (C=O) groups is 2. The molecule has 2 N–H and O–H groups in total. The Balaban J connectivity index is 5.45. The number of likely N-dealkylation sites (N-methyl/N-ethyl adjacent to an activating group) is 1. The first-order valence-corrected chi connectivity index (χ1v) is 29.4.